The Labute approximate surface area is 123 Å². The van der Waals surface area contributed by atoms with Gasteiger partial charge in [0.25, 0.3) is 0 Å². The predicted octanol–water partition coefficient (Wildman–Crippen LogP) is 2.65. The highest BCUT2D eigenvalue weighted by molar-refractivity contribution is 7.60. The molecule has 3 nitrogen and oxygen atoms in total. The summed E-state index contributed by atoms with van der Waals surface area (Å²) in [5, 5.41) is 1.37. The molecule has 1 atom stereocenters. The zero-order valence-electron chi connectivity index (χ0n) is 12.4. The van der Waals surface area contributed by atoms with Crippen LogP contribution >= 0.6 is 7.94 Å². The van der Waals surface area contributed by atoms with Crippen LogP contribution in [0.4, 0.5) is 0 Å². The van der Waals surface area contributed by atoms with Crippen LogP contribution in [0.15, 0.2) is 42.1 Å². The molecule has 0 unspecified atom stereocenters. The van der Waals surface area contributed by atoms with E-state index in [0.717, 1.165) is 6.42 Å². The van der Waals surface area contributed by atoms with Crippen molar-refractivity contribution in [2.75, 3.05) is 13.2 Å². The van der Waals surface area contributed by atoms with Gasteiger partial charge in [0.05, 0.1) is 13.2 Å². The molecular formula is C15H23O3PSi. The van der Waals surface area contributed by atoms with Crippen molar-refractivity contribution in [3.8, 4) is 0 Å². The molecule has 0 radical (unpaired) electrons. The molecule has 5 heteroatoms. The molecule has 0 N–H and O–H groups in total. The standard InChI is InChI=1S/C15H23O3PSi/c1-14(19(16)17-11-7-12-18-19)10-13-20(2,3)15-8-5-4-6-9-15/h4-6,8-10,13-14H,7,11-12H2,1-3H3/b13-10+/t14-/m0/s1. The molecule has 1 saturated heterocycles. The summed E-state index contributed by atoms with van der Waals surface area (Å²) >= 11 is 0. The Morgan fingerprint density at radius 1 is 1.20 bits per heavy atom. The number of benzene rings is 1. The fourth-order valence-electron chi connectivity index (χ4n) is 2.16. The van der Waals surface area contributed by atoms with Crippen LogP contribution in [0.25, 0.3) is 0 Å². The maximum Gasteiger partial charge on any atom is 0.244 e. The molecule has 0 spiro atoms. The van der Waals surface area contributed by atoms with Gasteiger partial charge < -0.3 is 4.89 Å². The fraction of sp³-hybridized carbons (Fsp3) is 0.467. The predicted molar refractivity (Wildman–Crippen MR) is 85.6 cm³/mol. The molecule has 1 aromatic rings. The molecular weight excluding hydrogens is 287 g/mol. The van der Waals surface area contributed by atoms with E-state index >= 15 is 0 Å². The van der Waals surface area contributed by atoms with Crippen molar-refractivity contribution in [3.63, 3.8) is 0 Å². The van der Waals surface area contributed by atoms with Crippen molar-refractivity contribution in [1.29, 1.82) is 0 Å². The molecule has 0 bridgehead atoms. The summed E-state index contributed by atoms with van der Waals surface area (Å²) in [6.07, 6.45) is 2.84. The van der Waals surface area contributed by atoms with E-state index in [1.54, 1.807) is 0 Å². The van der Waals surface area contributed by atoms with Crippen LogP contribution in [0.1, 0.15) is 13.3 Å². The average molecular weight is 310 g/mol. The molecule has 20 heavy (non-hydrogen) atoms. The Morgan fingerprint density at radius 2 is 1.80 bits per heavy atom. The summed E-state index contributed by atoms with van der Waals surface area (Å²) in [6.45, 7) is 7.55. The largest absolute Gasteiger partial charge is 0.631 e. The van der Waals surface area contributed by atoms with Gasteiger partial charge in [-0.25, -0.2) is 9.05 Å². The normalized spacial score (nSPS) is 21.0. The second-order valence-electron chi connectivity index (χ2n) is 5.75. The number of rotatable bonds is 4. The molecule has 2 rings (SSSR count). The second-order valence-corrected chi connectivity index (χ2v) is 12.5. The highest BCUT2D eigenvalue weighted by Gasteiger charge is 2.39. The van der Waals surface area contributed by atoms with Crippen molar-refractivity contribution < 1.29 is 13.9 Å². The summed E-state index contributed by atoms with van der Waals surface area (Å²) in [7, 11) is -4.60. The Kier molecular flexibility index (Phi) is 5.16. The van der Waals surface area contributed by atoms with Gasteiger partial charge in [-0.3, -0.25) is 0 Å². The van der Waals surface area contributed by atoms with Gasteiger partial charge in [0.15, 0.2) is 0 Å². The van der Waals surface area contributed by atoms with Crippen LogP contribution in [0.3, 0.4) is 0 Å². The smallest absolute Gasteiger partial charge is 0.244 e. The maximum absolute atomic E-state index is 12.5. The Morgan fingerprint density at radius 3 is 2.40 bits per heavy atom. The van der Waals surface area contributed by atoms with Gasteiger partial charge in [-0.2, -0.15) is 0 Å². The number of hydrogen-bond donors (Lipinski definition) is 0. The van der Waals surface area contributed by atoms with E-state index in [-0.39, 0.29) is 5.66 Å². The van der Waals surface area contributed by atoms with Crippen molar-refractivity contribution in [3.05, 3.63) is 42.1 Å². The average Bonchev–Trinajstić information content (AvgIpc) is 2.46. The first-order valence-electron chi connectivity index (χ1n) is 7.08. The summed E-state index contributed by atoms with van der Waals surface area (Å²) in [6, 6.07) is 10.5. The van der Waals surface area contributed by atoms with Gasteiger partial charge in [0.1, 0.15) is 13.7 Å². The van der Waals surface area contributed by atoms with Crippen molar-refractivity contribution >= 4 is 21.2 Å². The van der Waals surface area contributed by atoms with Gasteiger partial charge in [0, 0.05) is 6.42 Å². The first-order chi connectivity index (χ1) is 9.44. The van der Waals surface area contributed by atoms with E-state index in [1.165, 1.54) is 5.19 Å². The highest BCUT2D eigenvalue weighted by Crippen LogP contribution is 2.59. The Bertz CT molecular complexity index is 455. The highest BCUT2D eigenvalue weighted by atomic mass is 31.2. The minimum Gasteiger partial charge on any atom is -0.631 e. The van der Waals surface area contributed by atoms with Gasteiger partial charge >= 0.3 is 0 Å². The Balaban J connectivity index is 2.08. The van der Waals surface area contributed by atoms with Crippen molar-refractivity contribution in [2.24, 2.45) is 0 Å². The first-order valence-corrected chi connectivity index (χ1v) is 11.8. The first kappa shape index (κ1) is 15.9. The summed E-state index contributed by atoms with van der Waals surface area (Å²) < 4.78 is 10.8. The van der Waals surface area contributed by atoms with E-state index < -0.39 is 16.0 Å². The quantitative estimate of drug-likeness (QED) is 0.634. The molecule has 1 heterocycles. The monoisotopic (exact) mass is 310 g/mol. The van der Waals surface area contributed by atoms with E-state index in [2.05, 4.69) is 43.1 Å². The molecule has 1 aliphatic heterocycles. The lowest BCUT2D eigenvalue weighted by atomic mass is 10.4. The molecule has 0 amide bonds. The minimum atomic E-state index is -2.95. The third-order valence-electron chi connectivity index (χ3n) is 3.64. The maximum atomic E-state index is 12.5. The third kappa shape index (κ3) is 3.77. The Hall–Kier alpha value is -0.513. The number of allylic oxidation sites excluding steroid dienone is 1. The van der Waals surface area contributed by atoms with E-state index in [1.807, 2.05) is 19.1 Å². The van der Waals surface area contributed by atoms with Crippen LogP contribution in [0.5, 0.6) is 0 Å². The molecule has 0 aliphatic carbocycles. The van der Waals surface area contributed by atoms with Crippen LogP contribution in [0.2, 0.25) is 13.1 Å². The van der Waals surface area contributed by atoms with Crippen molar-refractivity contribution in [1.82, 2.24) is 0 Å². The zero-order chi connectivity index (χ0) is 14.6. The summed E-state index contributed by atoms with van der Waals surface area (Å²) in [5.74, 6) is 0. The molecule has 110 valence electrons. The minimum absolute atomic E-state index is 0.182. The van der Waals surface area contributed by atoms with Gasteiger partial charge in [0.2, 0.25) is 7.94 Å². The molecule has 1 aliphatic rings. The topological polar surface area (TPSA) is 41.5 Å². The number of hydrogen-bond acceptors (Lipinski definition) is 3. The zero-order valence-corrected chi connectivity index (χ0v) is 14.3. The lowest BCUT2D eigenvalue weighted by molar-refractivity contribution is -0.226. The van der Waals surface area contributed by atoms with E-state index in [0.29, 0.717) is 13.2 Å². The van der Waals surface area contributed by atoms with Crippen LogP contribution < -0.4 is 10.1 Å². The molecule has 0 aromatic heterocycles. The van der Waals surface area contributed by atoms with Crippen molar-refractivity contribution in [2.45, 2.75) is 32.1 Å². The third-order valence-corrected chi connectivity index (χ3v) is 8.74. The van der Waals surface area contributed by atoms with Crippen LogP contribution in [-0.4, -0.2) is 26.9 Å². The fourth-order valence-corrected chi connectivity index (χ4v) is 5.95. The molecule has 1 aromatic carbocycles. The molecule has 0 saturated carbocycles. The summed E-state index contributed by atoms with van der Waals surface area (Å²) in [4.78, 5) is 12.5. The van der Waals surface area contributed by atoms with Crippen LogP contribution in [-0.2, 0) is 9.05 Å². The van der Waals surface area contributed by atoms with Gasteiger partial charge in [-0.05, 0) is 13.0 Å². The lowest BCUT2D eigenvalue weighted by Crippen LogP contribution is -2.39. The van der Waals surface area contributed by atoms with Crippen LogP contribution in [0, 0.1) is 0 Å². The SMILES string of the molecule is C[C@@H](/C=C/[Si](C)(C)c1ccccc1)[P+]1([O-])OCCCO1. The summed E-state index contributed by atoms with van der Waals surface area (Å²) in [5.41, 5.74) is 2.05. The van der Waals surface area contributed by atoms with Gasteiger partial charge in [-0.1, -0.05) is 54.3 Å². The molecule has 1 fully saturated rings. The van der Waals surface area contributed by atoms with Gasteiger partial charge in [-0.15, -0.1) is 0 Å². The lowest BCUT2D eigenvalue weighted by Gasteiger charge is -2.34. The van der Waals surface area contributed by atoms with E-state index in [9.17, 15) is 4.89 Å². The second kappa shape index (κ2) is 6.50. The van der Waals surface area contributed by atoms with E-state index in [4.69, 9.17) is 9.05 Å².